The van der Waals surface area contributed by atoms with Gasteiger partial charge in [-0.15, -0.1) is 0 Å². The highest BCUT2D eigenvalue weighted by molar-refractivity contribution is 6.40. The van der Waals surface area contributed by atoms with Crippen LogP contribution in [-0.4, -0.2) is 70.9 Å². The largest absolute Gasteiger partial charge is 0.465 e. The fourth-order valence-electron chi connectivity index (χ4n) is 4.90. The van der Waals surface area contributed by atoms with Crippen molar-refractivity contribution in [3.8, 4) is 0 Å². The number of piperazine rings is 1. The van der Waals surface area contributed by atoms with Gasteiger partial charge in [-0.2, -0.15) is 4.98 Å². The summed E-state index contributed by atoms with van der Waals surface area (Å²) in [7, 11) is 1.83. The van der Waals surface area contributed by atoms with Crippen LogP contribution in [0.15, 0.2) is 48.7 Å². The molecule has 2 atom stereocenters. The predicted molar refractivity (Wildman–Crippen MR) is 149 cm³/mol. The molecule has 10 nitrogen and oxygen atoms in total. The van der Waals surface area contributed by atoms with Gasteiger partial charge >= 0.3 is 6.09 Å². The van der Waals surface area contributed by atoms with E-state index in [1.54, 1.807) is 18.2 Å². The van der Waals surface area contributed by atoms with Crippen molar-refractivity contribution in [2.45, 2.75) is 25.9 Å². The Morgan fingerprint density at radius 2 is 1.74 bits per heavy atom. The number of para-hydroxylation sites is 1. The number of aromatic nitrogens is 2. The van der Waals surface area contributed by atoms with E-state index in [1.807, 2.05) is 50.1 Å². The molecule has 2 amide bonds. The lowest BCUT2D eigenvalue weighted by atomic mass is 10.1. The molecule has 2 aliphatic heterocycles. The summed E-state index contributed by atoms with van der Waals surface area (Å²) < 4.78 is 0. The summed E-state index contributed by atoms with van der Waals surface area (Å²) in [5, 5.41) is 13.4. The Hall–Kier alpha value is -3.76. The molecule has 2 aliphatic rings. The van der Waals surface area contributed by atoms with Crippen LogP contribution in [-0.2, 0) is 0 Å². The van der Waals surface area contributed by atoms with Gasteiger partial charge in [0, 0.05) is 49.8 Å². The van der Waals surface area contributed by atoms with Gasteiger partial charge in [0.1, 0.15) is 11.4 Å². The highest BCUT2D eigenvalue weighted by Crippen LogP contribution is 2.37. The first kappa shape index (κ1) is 25.9. The smallest absolute Gasteiger partial charge is 0.407 e. The molecule has 2 aromatic carbocycles. The molecular weight excluding hydrogens is 529 g/mol. The second-order valence-corrected chi connectivity index (χ2v) is 10.3. The highest BCUT2D eigenvalue weighted by atomic mass is 35.5. The van der Waals surface area contributed by atoms with Gasteiger partial charge in [0.25, 0.3) is 5.91 Å². The number of halogens is 2. The Morgan fingerprint density at radius 3 is 2.39 bits per heavy atom. The van der Waals surface area contributed by atoms with E-state index in [1.165, 1.54) is 16.0 Å². The third kappa shape index (κ3) is 4.77. The normalized spacial score (nSPS) is 19.4. The third-order valence-electron chi connectivity index (χ3n) is 6.85. The number of fused-ring (bicyclic) bond motifs is 1. The van der Waals surface area contributed by atoms with Crippen LogP contribution in [0.3, 0.4) is 0 Å². The summed E-state index contributed by atoms with van der Waals surface area (Å²) in [4.78, 5) is 40.7. The van der Waals surface area contributed by atoms with Gasteiger partial charge in [-0.3, -0.25) is 9.69 Å². The van der Waals surface area contributed by atoms with Crippen molar-refractivity contribution in [3.63, 3.8) is 0 Å². The molecule has 3 aromatic rings. The Bertz CT molecular complexity index is 1370. The number of carboxylic acid groups (broad SMARTS) is 1. The molecule has 0 radical (unpaired) electrons. The molecule has 0 bridgehead atoms. The lowest BCUT2D eigenvalue weighted by Crippen LogP contribution is -2.58. The fraction of sp³-hybridized carbons (Fsp3) is 0.308. The summed E-state index contributed by atoms with van der Waals surface area (Å²) in [6.45, 7) is 5.23. The van der Waals surface area contributed by atoms with Gasteiger partial charge in [0.05, 0.1) is 22.4 Å². The molecule has 1 aromatic heterocycles. The number of amides is 2. The molecule has 1 fully saturated rings. The van der Waals surface area contributed by atoms with Crippen molar-refractivity contribution >= 4 is 64.0 Å². The molecule has 5 rings (SSSR count). The maximum atomic E-state index is 13.3. The quantitative estimate of drug-likeness (QED) is 0.454. The minimum atomic E-state index is -0.888. The Balaban J connectivity index is 1.32. The topological polar surface area (TPSA) is 105 Å². The first-order valence-corrected chi connectivity index (χ1v) is 12.9. The molecule has 0 spiro atoms. The molecule has 2 N–H and O–H groups in total. The van der Waals surface area contributed by atoms with Crippen LogP contribution in [0.25, 0.3) is 0 Å². The average Bonchev–Trinajstić information content (AvgIpc) is 2.88. The van der Waals surface area contributed by atoms with Crippen molar-refractivity contribution in [1.29, 1.82) is 0 Å². The summed E-state index contributed by atoms with van der Waals surface area (Å²) in [6, 6.07) is 12.9. The van der Waals surface area contributed by atoms with Crippen LogP contribution >= 0.6 is 23.2 Å². The molecule has 0 aliphatic carbocycles. The average molecular weight is 556 g/mol. The van der Waals surface area contributed by atoms with E-state index >= 15 is 0 Å². The van der Waals surface area contributed by atoms with Crippen molar-refractivity contribution in [2.24, 2.45) is 0 Å². The maximum absolute atomic E-state index is 13.3. The van der Waals surface area contributed by atoms with Crippen molar-refractivity contribution in [1.82, 2.24) is 14.9 Å². The van der Waals surface area contributed by atoms with Crippen LogP contribution < -0.4 is 20.0 Å². The minimum absolute atomic E-state index is 0.0541. The lowest BCUT2D eigenvalue weighted by molar-refractivity contribution is 0.0981. The summed E-state index contributed by atoms with van der Waals surface area (Å²) >= 11 is 12.7. The maximum Gasteiger partial charge on any atom is 0.407 e. The van der Waals surface area contributed by atoms with E-state index in [-0.39, 0.29) is 24.7 Å². The number of nitrogens with one attached hydrogen (secondary N) is 1. The molecular formula is C26H27Cl2N7O3. The lowest BCUT2D eigenvalue weighted by Gasteiger charge is -2.44. The number of rotatable bonds is 4. The number of anilines is 5. The Kier molecular flexibility index (Phi) is 6.93. The zero-order valence-electron chi connectivity index (χ0n) is 21.1. The van der Waals surface area contributed by atoms with Crippen LogP contribution in [0.4, 0.5) is 33.6 Å². The molecule has 12 heteroatoms. The van der Waals surface area contributed by atoms with Gasteiger partial charge in [-0.25, -0.2) is 9.78 Å². The molecule has 38 heavy (non-hydrogen) atoms. The number of carbonyl (C=O) groups is 2. The van der Waals surface area contributed by atoms with E-state index in [0.29, 0.717) is 46.2 Å². The summed E-state index contributed by atoms with van der Waals surface area (Å²) in [5.74, 6) is 0.579. The van der Waals surface area contributed by atoms with E-state index in [9.17, 15) is 14.7 Å². The zero-order valence-corrected chi connectivity index (χ0v) is 22.6. The minimum Gasteiger partial charge on any atom is -0.465 e. The van der Waals surface area contributed by atoms with Crippen LogP contribution in [0, 0.1) is 0 Å². The zero-order chi connectivity index (χ0) is 27.1. The van der Waals surface area contributed by atoms with Crippen molar-refractivity contribution in [2.75, 3.05) is 46.8 Å². The first-order chi connectivity index (χ1) is 18.1. The van der Waals surface area contributed by atoms with Crippen LogP contribution in [0.5, 0.6) is 0 Å². The van der Waals surface area contributed by atoms with E-state index in [0.717, 1.165) is 11.4 Å². The predicted octanol–water partition coefficient (Wildman–Crippen LogP) is 5.16. The standard InChI is InChI=1S/C26H27Cl2N7O3/c1-15-13-34(26(37)38)16(2)12-33(15)18-9-7-17(8-10-18)30-25-29-11-19-23(31-25)32(3)14-35(24(19)36)22-20(27)5-4-6-21(22)28/h4-11,15-16H,12-14H2,1-3H3,(H,37,38)(H,29,30,31). The van der Waals surface area contributed by atoms with Gasteiger partial charge in [-0.1, -0.05) is 29.3 Å². The molecule has 3 heterocycles. The van der Waals surface area contributed by atoms with Crippen LogP contribution in [0.2, 0.25) is 10.0 Å². The van der Waals surface area contributed by atoms with E-state index in [2.05, 4.69) is 20.2 Å². The summed E-state index contributed by atoms with van der Waals surface area (Å²) in [5.41, 5.74) is 2.59. The number of carbonyl (C=O) groups excluding carboxylic acids is 1. The monoisotopic (exact) mass is 555 g/mol. The van der Waals surface area contributed by atoms with Crippen molar-refractivity contribution in [3.05, 3.63) is 64.3 Å². The van der Waals surface area contributed by atoms with E-state index < -0.39 is 6.09 Å². The van der Waals surface area contributed by atoms with Crippen LogP contribution in [0.1, 0.15) is 24.2 Å². The number of nitrogens with zero attached hydrogens (tertiary/aromatic N) is 6. The van der Waals surface area contributed by atoms with Gasteiger partial charge in [-0.05, 0) is 50.2 Å². The van der Waals surface area contributed by atoms with Crippen molar-refractivity contribution < 1.29 is 14.7 Å². The Labute approximate surface area is 230 Å². The number of benzene rings is 2. The van der Waals surface area contributed by atoms with Gasteiger partial charge in [0.15, 0.2) is 0 Å². The van der Waals surface area contributed by atoms with Gasteiger partial charge < -0.3 is 25.1 Å². The SMILES string of the molecule is CC1CN(c2ccc(Nc3ncc4c(n3)N(C)CN(c3c(Cl)cccc3Cl)C4=O)cc2)C(C)CN1C(=O)O. The fourth-order valence-corrected chi connectivity index (χ4v) is 5.50. The Morgan fingerprint density at radius 1 is 1.05 bits per heavy atom. The number of hydrogen-bond acceptors (Lipinski definition) is 7. The molecule has 198 valence electrons. The molecule has 1 saturated heterocycles. The molecule has 2 unspecified atom stereocenters. The number of hydrogen-bond donors (Lipinski definition) is 2. The summed E-state index contributed by atoms with van der Waals surface area (Å²) in [6.07, 6.45) is 0.612. The van der Waals surface area contributed by atoms with E-state index in [4.69, 9.17) is 23.2 Å². The molecule has 0 saturated carbocycles. The first-order valence-electron chi connectivity index (χ1n) is 12.1. The highest BCUT2D eigenvalue weighted by Gasteiger charge is 2.33. The second kappa shape index (κ2) is 10.2. The second-order valence-electron chi connectivity index (χ2n) is 9.53. The third-order valence-corrected chi connectivity index (χ3v) is 7.46. The van der Waals surface area contributed by atoms with Gasteiger partial charge in [0.2, 0.25) is 5.95 Å².